The van der Waals surface area contributed by atoms with Crippen LogP contribution in [0.3, 0.4) is 0 Å². The molecule has 1 aliphatic rings. The molecule has 25 heavy (non-hydrogen) atoms. The van der Waals surface area contributed by atoms with Crippen LogP contribution >= 0.6 is 7.82 Å². The first-order chi connectivity index (χ1) is 11.8. The third kappa shape index (κ3) is 8.85. The molecule has 1 heterocycles. The minimum absolute atomic E-state index is 0.0117. The number of phosphoric acid groups is 1. The van der Waals surface area contributed by atoms with Crippen LogP contribution in [0.1, 0.15) is 6.42 Å². The van der Waals surface area contributed by atoms with Gasteiger partial charge in [-0.15, -0.1) is 0 Å². The summed E-state index contributed by atoms with van der Waals surface area (Å²) >= 11 is 0. The van der Waals surface area contributed by atoms with Crippen LogP contribution in [0.25, 0.3) is 0 Å². The van der Waals surface area contributed by atoms with Crippen molar-refractivity contribution >= 4 is 7.82 Å². The maximum absolute atomic E-state index is 11.7. The number of rotatable bonds is 12. The summed E-state index contributed by atoms with van der Waals surface area (Å²) in [5, 5.41) is 49.7. The molecular weight excluding hydrogens is 359 g/mol. The fourth-order valence-corrected chi connectivity index (χ4v) is 3.05. The van der Waals surface area contributed by atoms with E-state index in [1.54, 1.807) is 0 Å². The van der Waals surface area contributed by atoms with Crippen molar-refractivity contribution in [3.63, 3.8) is 0 Å². The van der Waals surface area contributed by atoms with Crippen molar-refractivity contribution < 1.29 is 44.0 Å². The van der Waals surface area contributed by atoms with E-state index in [-0.39, 0.29) is 6.61 Å². The third-order valence-corrected chi connectivity index (χ3v) is 4.80. The van der Waals surface area contributed by atoms with Crippen molar-refractivity contribution in [2.24, 2.45) is 0 Å². The second kappa shape index (κ2) is 11.5. The van der Waals surface area contributed by atoms with Gasteiger partial charge in [0.2, 0.25) is 0 Å². The fourth-order valence-electron chi connectivity index (χ4n) is 2.27. The van der Waals surface area contributed by atoms with E-state index in [4.69, 9.17) is 9.63 Å². The molecule has 7 N–H and O–H groups in total. The average Bonchev–Trinajstić information content (AvgIpc) is 2.62. The van der Waals surface area contributed by atoms with Crippen LogP contribution in [0, 0.1) is 0 Å². The van der Waals surface area contributed by atoms with Crippen LogP contribution in [-0.2, 0) is 13.6 Å². The maximum Gasteiger partial charge on any atom is 0.472 e. The Morgan fingerprint density at radius 1 is 1.04 bits per heavy atom. The molecule has 1 unspecified atom stereocenters. The molecule has 1 saturated heterocycles. The average molecular weight is 388 g/mol. The number of aliphatic hydroxyl groups is 5. The van der Waals surface area contributed by atoms with Gasteiger partial charge in [-0.2, -0.15) is 0 Å². The predicted octanol–water partition coefficient (Wildman–Crippen LogP) is -3.15. The first kappa shape index (κ1) is 22.9. The lowest BCUT2D eigenvalue weighted by Crippen LogP contribution is -2.47. The van der Waals surface area contributed by atoms with Crippen LogP contribution in [-0.4, -0.2) is 112 Å². The minimum Gasteiger partial charge on any atom is -0.394 e. The standard InChI is InChI=1S/C13H29N2O9P/c16-8-10(17)12(19)13(20)11(18)9-24-25(21,22)23-7-1-4-15-5-2-14-3-6-15/h10-14,16-20H,1-9H2,(H,21,22)/t10-,11-,12-,13-/m1/s1. The Morgan fingerprint density at radius 2 is 1.64 bits per heavy atom. The summed E-state index contributed by atoms with van der Waals surface area (Å²) in [6, 6.07) is 0. The molecule has 0 saturated carbocycles. The van der Waals surface area contributed by atoms with E-state index in [2.05, 4.69) is 14.7 Å². The molecular formula is C13H29N2O9P. The lowest BCUT2D eigenvalue weighted by molar-refractivity contribution is -0.123. The molecule has 0 aliphatic carbocycles. The number of phosphoric ester groups is 1. The third-order valence-electron chi connectivity index (χ3n) is 3.82. The van der Waals surface area contributed by atoms with Gasteiger partial charge in [-0.1, -0.05) is 0 Å². The molecule has 0 spiro atoms. The zero-order valence-corrected chi connectivity index (χ0v) is 14.9. The Hall–Kier alpha value is -0.170. The highest BCUT2D eigenvalue weighted by Gasteiger charge is 2.32. The molecule has 0 aromatic carbocycles. The van der Waals surface area contributed by atoms with E-state index >= 15 is 0 Å². The summed E-state index contributed by atoms with van der Waals surface area (Å²) in [5.74, 6) is 0. The van der Waals surface area contributed by atoms with Gasteiger partial charge in [-0.05, 0) is 6.42 Å². The first-order valence-electron chi connectivity index (χ1n) is 8.15. The van der Waals surface area contributed by atoms with Crippen LogP contribution in [0.15, 0.2) is 0 Å². The molecule has 150 valence electrons. The highest BCUT2D eigenvalue weighted by Crippen LogP contribution is 2.43. The molecule has 0 amide bonds. The van der Waals surface area contributed by atoms with E-state index in [0.29, 0.717) is 13.0 Å². The number of nitrogens with zero attached hydrogens (tertiary/aromatic N) is 1. The van der Waals surface area contributed by atoms with Crippen LogP contribution in [0.4, 0.5) is 0 Å². The van der Waals surface area contributed by atoms with E-state index in [0.717, 1.165) is 26.2 Å². The van der Waals surface area contributed by atoms with Gasteiger partial charge in [0, 0.05) is 32.7 Å². The van der Waals surface area contributed by atoms with Crippen molar-refractivity contribution in [1.29, 1.82) is 0 Å². The summed E-state index contributed by atoms with van der Waals surface area (Å²) in [7, 11) is -4.41. The molecule has 12 heteroatoms. The van der Waals surface area contributed by atoms with Gasteiger partial charge < -0.3 is 40.6 Å². The van der Waals surface area contributed by atoms with Gasteiger partial charge in [-0.25, -0.2) is 4.57 Å². The van der Waals surface area contributed by atoms with E-state index in [9.17, 15) is 29.9 Å². The van der Waals surface area contributed by atoms with Crippen molar-refractivity contribution in [1.82, 2.24) is 10.2 Å². The molecule has 5 atom stereocenters. The molecule has 0 aromatic rings. The van der Waals surface area contributed by atoms with Crippen molar-refractivity contribution in [2.75, 3.05) is 52.5 Å². The first-order valence-corrected chi connectivity index (χ1v) is 9.64. The Morgan fingerprint density at radius 3 is 2.24 bits per heavy atom. The summed E-state index contributed by atoms with van der Waals surface area (Å²) in [6.45, 7) is 2.71. The van der Waals surface area contributed by atoms with E-state index in [1.807, 2.05) is 0 Å². The highest BCUT2D eigenvalue weighted by molar-refractivity contribution is 7.47. The molecule has 1 aliphatic heterocycles. The molecule has 0 radical (unpaired) electrons. The Labute approximate surface area is 146 Å². The van der Waals surface area contributed by atoms with E-state index < -0.39 is 45.5 Å². The Balaban J connectivity index is 2.23. The van der Waals surface area contributed by atoms with Gasteiger partial charge in [0.1, 0.15) is 24.4 Å². The van der Waals surface area contributed by atoms with Crippen molar-refractivity contribution in [2.45, 2.75) is 30.8 Å². The fraction of sp³-hybridized carbons (Fsp3) is 1.00. The van der Waals surface area contributed by atoms with Crippen LogP contribution in [0.5, 0.6) is 0 Å². The quantitative estimate of drug-likeness (QED) is 0.133. The number of aliphatic hydroxyl groups excluding tert-OH is 5. The normalized spacial score (nSPS) is 23.6. The Bertz CT molecular complexity index is 411. The molecule has 1 rings (SSSR count). The second-order valence-corrected chi connectivity index (χ2v) is 7.29. The predicted molar refractivity (Wildman–Crippen MR) is 86.8 cm³/mol. The topological polar surface area (TPSA) is 172 Å². The lowest BCUT2D eigenvalue weighted by Gasteiger charge is -2.27. The SMILES string of the molecule is O=P(O)(OCCCN1CCNCC1)OC[C@@H](O)[C@@H](O)[C@H](O)[C@H](O)CO. The van der Waals surface area contributed by atoms with Gasteiger partial charge in [0.15, 0.2) is 0 Å². The van der Waals surface area contributed by atoms with Gasteiger partial charge >= 0.3 is 7.82 Å². The number of piperazine rings is 1. The lowest BCUT2D eigenvalue weighted by atomic mass is 10.0. The molecule has 1 fully saturated rings. The Kier molecular flexibility index (Phi) is 10.5. The summed E-state index contributed by atoms with van der Waals surface area (Å²) < 4.78 is 21.0. The smallest absolute Gasteiger partial charge is 0.394 e. The number of hydrogen-bond acceptors (Lipinski definition) is 10. The van der Waals surface area contributed by atoms with Gasteiger partial charge in [0.25, 0.3) is 0 Å². The van der Waals surface area contributed by atoms with Crippen LogP contribution in [0.2, 0.25) is 0 Å². The van der Waals surface area contributed by atoms with Gasteiger partial charge in [-0.3, -0.25) is 9.05 Å². The monoisotopic (exact) mass is 388 g/mol. The van der Waals surface area contributed by atoms with Gasteiger partial charge in [0.05, 0.1) is 19.8 Å². The number of hydrogen-bond donors (Lipinski definition) is 7. The van der Waals surface area contributed by atoms with Crippen LogP contribution < -0.4 is 5.32 Å². The maximum atomic E-state index is 11.7. The highest BCUT2D eigenvalue weighted by atomic mass is 31.2. The van der Waals surface area contributed by atoms with E-state index in [1.165, 1.54) is 0 Å². The molecule has 0 bridgehead atoms. The van der Waals surface area contributed by atoms with Crippen molar-refractivity contribution in [3.8, 4) is 0 Å². The molecule has 11 nitrogen and oxygen atoms in total. The summed E-state index contributed by atoms with van der Waals surface area (Å²) in [5.41, 5.74) is 0. The van der Waals surface area contributed by atoms with Crippen molar-refractivity contribution in [3.05, 3.63) is 0 Å². The minimum atomic E-state index is -4.41. The second-order valence-electron chi connectivity index (χ2n) is 5.84. The number of nitrogens with one attached hydrogen (secondary N) is 1. The summed E-state index contributed by atoms with van der Waals surface area (Å²) in [6.07, 6.45) is -6.58. The molecule has 0 aromatic heterocycles. The zero-order chi connectivity index (χ0) is 18.9. The largest absolute Gasteiger partial charge is 0.472 e. The summed E-state index contributed by atoms with van der Waals surface area (Å²) in [4.78, 5) is 11.7. The zero-order valence-electron chi connectivity index (χ0n) is 14.0.